The molecule has 0 aromatic heterocycles. The second-order valence-corrected chi connectivity index (χ2v) is 18.8. The lowest BCUT2D eigenvalue weighted by Crippen LogP contribution is -2.61. The number of unbranched alkanes of at least 4 members (excludes halogenated alkanes) is 1. The summed E-state index contributed by atoms with van der Waals surface area (Å²) in [6, 6.07) is -0.847. The van der Waals surface area contributed by atoms with Crippen molar-refractivity contribution < 1.29 is 63.2 Å². The van der Waals surface area contributed by atoms with Crippen molar-refractivity contribution in [2.24, 2.45) is 17.8 Å². The monoisotopic (exact) mass is 848 g/mol. The fourth-order valence-electron chi connectivity index (χ4n) is 9.47. The molecule has 18 atom stereocenters. The largest absolute Gasteiger partial charge is 0.459 e. The maximum Gasteiger partial charge on any atom is 0.407 e. The molecule has 0 aliphatic carbocycles. The van der Waals surface area contributed by atoms with E-state index in [-0.39, 0.29) is 37.3 Å². The number of esters is 1. The molecule has 3 saturated heterocycles. The maximum atomic E-state index is 14.4. The first-order chi connectivity index (χ1) is 27.3. The molecule has 346 valence electrons. The fraction of sp³-hybridized carbons (Fsp3) is 0.953. The predicted molar refractivity (Wildman–Crippen MR) is 221 cm³/mol. The van der Waals surface area contributed by atoms with E-state index in [4.69, 9.17) is 33.2 Å². The van der Waals surface area contributed by atoms with E-state index in [0.717, 1.165) is 12.8 Å². The third-order valence-corrected chi connectivity index (χ3v) is 13.2. The van der Waals surface area contributed by atoms with Crippen molar-refractivity contribution in [2.45, 2.75) is 205 Å². The topological polar surface area (TPSA) is 198 Å². The van der Waals surface area contributed by atoms with Crippen molar-refractivity contribution in [1.29, 1.82) is 0 Å². The predicted octanol–water partition coefficient (Wildman–Crippen LogP) is 3.43. The zero-order valence-corrected chi connectivity index (χ0v) is 38.7. The molecule has 0 radical (unpaired) electrons. The molecule has 3 fully saturated rings. The van der Waals surface area contributed by atoms with E-state index >= 15 is 0 Å². The lowest BCUT2D eigenvalue weighted by Gasteiger charge is -2.49. The number of hydrogen-bond acceptors (Lipinski definition) is 15. The molecule has 0 spiro atoms. The zero-order valence-electron chi connectivity index (χ0n) is 38.7. The Morgan fingerprint density at radius 3 is 2.20 bits per heavy atom. The lowest BCUT2D eigenvalue weighted by molar-refractivity contribution is -0.317. The van der Waals surface area contributed by atoms with Gasteiger partial charge in [-0.2, -0.15) is 0 Å². The third kappa shape index (κ3) is 12.7. The van der Waals surface area contributed by atoms with Crippen LogP contribution in [0.3, 0.4) is 0 Å². The molecule has 3 aliphatic rings. The van der Waals surface area contributed by atoms with Crippen LogP contribution in [0.15, 0.2) is 0 Å². The van der Waals surface area contributed by atoms with Crippen LogP contribution in [-0.4, -0.2) is 174 Å². The van der Waals surface area contributed by atoms with Crippen LogP contribution in [0.5, 0.6) is 0 Å². The Hall–Kier alpha value is -1.70. The van der Waals surface area contributed by atoms with Crippen LogP contribution in [0.2, 0.25) is 0 Å². The Bertz CT molecular complexity index is 1320. The summed E-state index contributed by atoms with van der Waals surface area (Å²) in [5.41, 5.74) is -4.49. The number of cyclic esters (lactones) is 1. The molecule has 16 nitrogen and oxygen atoms in total. The fourth-order valence-corrected chi connectivity index (χ4v) is 9.47. The van der Waals surface area contributed by atoms with Crippen LogP contribution in [0.4, 0.5) is 4.79 Å². The first kappa shape index (κ1) is 51.6. The number of hydrogen-bond donors (Lipinski definition) is 5. The summed E-state index contributed by atoms with van der Waals surface area (Å²) >= 11 is 0. The van der Waals surface area contributed by atoms with Crippen molar-refractivity contribution >= 4 is 12.1 Å². The summed E-state index contributed by atoms with van der Waals surface area (Å²) in [7, 11) is 7.13. The molecule has 0 unspecified atom stereocenters. The quantitative estimate of drug-likeness (QED) is 0.150. The third-order valence-electron chi connectivity index (χ3n) is 13.2. The van der Waals surface area contributed by atoms with E-state index in [1.807, 2.05) is 65.6 Å². The van der Waals surface area contributed by atoms with Gasteiger partial charge in [0.2, 0.25) is 0 Å². The smallest absolute Gasteiger partial charge is 0.407 e. The van der Waals surface area contributed by atoms with Gasteiger partial charge in [-0.3, -0.25) is 4.79 Å². The van der Waals surface area contributed by atoms with Crippen molar-refractivity contribution in [1.82, 2.24) is 15.1 Å². The minimum atomic E-state index is -1.82. The highest BCUT2D eigenvalue weighted by atomic mass is 16.7. The molecule has 5 N–H and O–H groups in total. The standard InChI is InChI=1S/C43H81N3O13/c1-16-18-19-44-40(50)59-37-29(8)55-32(22-42(37,10)53-15)57-34-26(5)36(58-39-33(47)30(45(12)13)20-25(4)54-39)41(9,51)21-24(3)23-46(14)28(7)35(48)43(11,52)31(17-2)56-38(49)27(34)6/h24-37,39,47-48,51-52H,16-23H2,1-15H3,(H,44,50)/t24-,25-,26+,27-,28-,29+,30+,31-,32+,33-,34+,35-,36-,37+,39+,41-,42-,43-/m1/s1. The first-order valence-corrected chi connectivity index (χ1v) is 21.8. The van der Waals surface area contributed by atoms with Crippen LogP contribution < -0.4 is 5.32 Å². The molecule has 0 aromatic carbocycles. The molecule has 0 aromatic rings. The average Bonchev–Trinajstić information content (AvgIpc) is 3.15. The highest BCUT2D eigenvalue weighted by Gasteiger charge is 2.53. The van der Waals surface area contributed by atoms with Crippen LogP contribution in [-0.2, 0) is 38.0 Å². The summed E-state index contributed by atoms with van der Waals surface area (Å²) in [5.74, 6) is -2.71. The van der Waals surface area contributed by atoms with Crippen molar-refractivity contribution in [3.8, 4) is 0 Å². The van der Waals surface area contributed by atoms with Gasteiger partial charge in [0.25, 0.3) is 0 Å². The number of alkyl carbamates (subject to hydrolysis) is 1. The highest BCUT2D eigenvalue weighted by Crippen LogP contribution is 2.41. The van der Waals surface area contributed by atoms with Gasteiger partial charge in [-0.25, -0.2) is 4.79 Å². The molecule has 0 bridgehead atoms. The average molecular weight is 848 g/mol. The molecule has 0 saturated carbocycles. The number of nitrogens with one attached hydrogen (secondary N) is 1. The second-order valence-electron chi connectivity index (χ2n) is 18.8. The van der Waals surface area contributed by atoms with Crippen molar-refractivity contribution in [2.75, 3.05) is 41.3 Å². The van der Waals surface area contributed by atoms with Crippen LogP contribution in [0.25, 0.3) is 0 Å². The van der Waals surface area contributed by atoms with E-state index in [0.29, 0.717) is 19.5 Å². The Morgan fingerprint density at radius 2 is 1.63 bits per heavy atom. The minimum Gasteiger partial charge on any atom is -0.459 e. The molecular formula is C43H81N3O13. The van der Waals surface area contributed by atoms with Gasteiger partial charge in [0.15, 0.2) is 18.7 Å². The Morgan fingerprint density at radius 1 is 0.983 bits per heavy atom. The first-order valence-electron chi connectivity index (χ1n) is 21.8. The number of ether oxygens (including phenoxy) is 7. The van der Waals surface area contributed by atoms with Crippen molar-refractivity contribution in [3.63, 3.8) is 0 Å². The number of amides is 1. The number of methoxy groups -OCH3 is 1. The lowest BCUT2D eigenvalue weighted by atomic mass is 9.77. The van der Waals surface area contributed by atoms with Gasteiger partial charge in [0.1, 0.15) is 29.5 Å². The second kappa shape index (κ2) is 21.6. The van der Waals surface area contributed by atoms with Crippen molar-refractivity contribution in [3.05, 3.63) is 0 Å². The van der Waals surface area contributed by atoms with Crippen LogP contribution in [0, 0.1) is 17.8 Å². The summed E-state index contributed by atoms with van der Waals surface area (Å²) in [6.45, 7) is 20.6. The Kier molecular flexibility index (Phi) is 18.9. The van der Waals surface area contributed by atoms with E-state index < -0.39 is 102 Å². The van der Waals surface area contributed by atoms with E-state index in [1.54, 1.807) is 34.6 Å². The summed E-state index contributed by atoms with van der Waals surface area (Å²) in [4.78, 5) is 31.1. The SMILES string of the molecule is CCCCNC(=O)O[C@H]1[C@H](C)O[C@@H](O[C@H]2[C@H](C)[C@@H](O[C@@H]3O[C@H](C)C[C@H](N(C)C)[C@H]3O)[C@](C)(O)C[C@@H](C)CN(C)[C@H](C)[C@@H](O)[C@](C)(O)[C@@H](CC)OC(=O)[C@@H]2C)C[C@@]1(C)OC. The van der Waals surface area contributed by atoms with Crippen LogP contribution in [0.1, 0.15) is 115 Å². The van der Waals surface area contributed by atoms with Gasteiger partial charge in [-0.1, -0.05) is 34.1 Å². The number of carbonyl (C=O) groups excluding carboxylic acids is 2. The van der Waals surface area contributed by atoms with Gasteiger partial charge in [0.05, 0.1) is 35.9 Å². The van der Waals surface area contributed by atoms with E-state index in [1.165, 1.54) is 14.0 Å². The Balaban J connectivity index is 2.14. The number of aliphatic hydroxyl groups is 4. The number of aliphatic hydroxyl groups excluding tert-OH is 2. The van der Waals surface area contributed by atoms with Gasteiger partial charge in [-0.05, 0) is 101 Å². The minimum absolute atomic E-state index is 0.0971. The zero-order chi connectivity index (χ0) is 44.8. The maximum absolute atomic E-state index is 14.4. The summed E-state index contributed by atoms with van der Waals surface area (Å²) in [5, 5.41) is 50.4. The number of rotatable bonds is 11. The molecular weight excluding hydrogens is 766 g/mol. The van der Waals surface area contributed by atoms with Crippen LogP contribution >= 0.6 is 0 Å². The van der Waals surface area contributed by atoms with Gasteiger partial charge in [0, 0.05) is 44.6 Å². The normalized spacial score (nSPS) is 44.9. The summed E-state index contributed by atoms with van der Waals surface area (Å²) in [6.07, 6.45) is -7.32. The summed E-state index contributed by atoms with van der Waals surface area (Å²) < 4.78 is 44.2. The number of nitrogens with zero attached hydrogens (tertiary/aromatic N) is 2. The molecule has 1 amide bonds. The molecule has 3 rings (SSSR count). The highest BCUT2D eigenvalue weighted by molar-refractivity contribution is 5.73. The molecule has 59 heavy (non-hydrogen) atoms. The van der Waals surface area contributed by atoms with Gasteiger partial charge in [-0.15, -0.1) is 0 Å². The van der Waals surface area contributed by atoms with E-state index in [9.17, 15) is 30.0 Å². The van der Waals surface area contributed by atoms with E-state index in [2.05, 4.69) is 5.32 Å². The molecule has 3 heterocycles. The number of likely N-dealkylation sites (N-methyl/N-ethyl adjacent to an activating group) is 2. The molecule has 16 heteroatoms. The van der Waals surface area contributed by atoms with Gasteiger partial charge < -0.3 is 68.7 Å². The Labute approximate surface area is 353 Å². The van der Waals surface area contributed by atoms with Gasteiger partial charge >= 0.3 is 12.1 Å². The number of carbonyl (C=O) groups is 2. The molecule has 3 aliphatic heterocycles.